The Morgan fingerprint density at radius 1 is 0.795 bits per heavy atom. The van der Waals surface area contributed by atoms with E-state index >= 15 is 4.79 Å². The van der Waals surface area contributed by atoms with Crippen LogP contribution >= 0.6 is 0 Å². The highest BCUT2D eigenvalue weighted by atomic mass is 16.8. The van der Waals surface area contributed by atoms with E-state index in [-0.39, 0.29) is 52.4 Å². The number of allylic oxidation sites excluding steroid dienone is 2. The summed E-state index contributed by atoms with van der Waals surface area (Å²) in [5.74, 6) is -0.764. The van der Waals surface area contributed by atoms with E-state index in [2.05, 4.69) is 52.9 Å². The second kappa shape index (κ2) is 21.6. The third-order valence-corrected chi connectivity index (χ3v) is 20.7. The Morgan fingerprint density at radius 3 is 2.19 bits per heavy atom. The molecule has 3 aliphatic heterocycles. The number of carbonyl (C=O) groups is 3. The summed E-state index contributed by atoms with van der Waals surface area (Å²) in [5, 5.41) is 91.0. The van der Waals surface area contributed by atoms with Crippen molar-refractivity contribution in [3.63, 3.8) is 0 Å². The standard InChI is InChI=1S/C54H88N2O17/c1-28-43(71-45-41(65)38(62)31(59)27-68-45)40(64)42(66)46(69-28)72-44-39(63)37(56-36(61)11-9-8-10-23-55)32(26-58)70-47(44)73-48(67)54-20-18-49(2,3)25-30(54)29-12-13-34-50(4)16-15-35(60)51(5,22-24-57)33(50)14-17-53(34,7)52(29,6)19-21-54/h12,24,28,30-35,37-47,58-60,62-66H,8-11,13-23,25-27,55H2,1-7H3,(H,56,61)/t28-,30?,31?,32+,33-,34?,35+,37?,38?,39?,40?,41?,42?,43?,44?,45+,46+,47+,50?,51-,52-,53+,54?/m1/s1. The van der Waals surface area contributed by atoms with Crippen LogP contribution in [0, 0.1) is 50.2 Å². The zero-order valence-electron chi connectivity index (χ0n) is 44.1. The second-order valence-corrected chi connectivity index (χ2v) is 25.3. The first-order valence-corrected chi connectivity index (χ1v) is 27.3. The van der Waals surface area contributed by atoms with Crippen LogP contribution in [0.5, 0.6) is 0 Å². The summed E-state index contributed by atoms with van der Waals surface area (Å²) in [6.07, 6.45) is -7.89. The molecular weight excluding hydrogens is 949 g/mol. The van der Waals surface area contributed by atoms with E-state index < -0.39 is 121 Å². The minimum Gasteiger partial charge on any atom is -0.432 e. The number of amides is 1. The maximum Gasteiger partial charge on any atom is 0.315 e. The molecule has 7 fully saturated rings. The van der Waals surface area contributed by atoms with Gasteiger partial charge in [0.15, 0.2) is 18.7 Å². The monoisotopic (exact) mass is 1040 g/mol. The van der Waals surface area contributed by atoms with E-state index in [4.69, 9.17) is 34.2 Å². The van der Waals surface area contributed by atoms with Gasteiger partial charge >= 0.3 is 5.97 Å². The van der Waals surface area contributed by atoms with Crippen molar-refractivity contribution in [3.8, 4) is 0 Å². The first-order chi connectivity index (χ1) is 34.4. The molecular formula is C54H88N2O17. The molecule has 416 valence electrons. The quantitative estimate of drug-likeness (QED) is 0.0486. The molecule has 0 radical (unpaired) electrons. The van der Waals surface area contributed by atoms with Crippen molar-refractivity contribution in [2.45, 2.75) is 237 Å². The Hall–Kier alpha value is -2.21. The van der Waals surface area contributed by atoms with Gasteiger partial charge < -0.3 is 85.1 Å². The number of carbonyl (C=O) groups excluding carboxylic acids is 3. The van der Waals surface area contributed by atoms with E-state index in [1.807, 2.05) is 0 Å². The molecule has 8 aliphatic rings. The maximum atomic E-state index is 15.6. The zero-order valence-corrected chi connectivity index (χ0v) is 44.1. The van der Waals surface area contributed by atoms with Gasteiger partial charge in [-0.15, -0.1) is 0 Å². The highest BCUT2D eigenvalue weighted by Gasteiger charge is 2.70. The fraction of sp³-hybridized carbons (Fsp3) is 0.907. The Bertz CT molecular complexity index is 2010. The van der Waals surface area contributed by atoms with Crippen molar-refractivity contribution in [3.05, 3.63) is 11.6 Å². The summed E-state index contributed by atoms with van der Waals surface area (Å²) < 4.78 is 36.5. The third kappa shape index (κ3) is 9.92. The number of hydrogen-bond donors (Lipinski definition) is 10. The number of fused-ring (bicyclic) bond motifs is 7. The van der Waals surface area contributed by atoms with Crippen molar-refractivity contribution >= 4 is 18.2 Å². The van der Waals surface area contributed by atoms with Crippen LogP contribution < -0.4 is 11.1 Å². The van der Waals surface area contributed by atoms with Crippen molar-refractivity contribution in [1.82, 2.24) is 5.32 Å². The van der Waals surface area contributed by atoms with E-state index in [0.29, 0.717) is 64.3 Å². The largest absolute Gasteiger partial charge is 0.432 e. The van der Waals surface area contributed by atoms with Gasteiger partial charge in [-0.2, -0.15) is 0 Å². The SMILES string of the molecule is C[C@H]1O[C@@H](OC2C(O)C(NC(=O)CCCCCN)[C@H](CO)O[C@H]2OC(=O)C23CCC(C)(C)CC2C2=CCC4C5(C)CC[C@H](O)[C@](C)(CC=O)[C@@H]5CC[C@]4(C)[C@]2(C)CC3)C(O)C(O)C1O[C@@H]1OCC(O)C(O)C1O. The van der Waals surface area contributed by atoms with Crippen LogP contribution in [0.15, 0.2) is 11.6 Å². The van der Waals surface area contributed by atoms with Gasteiger partial charge in [-0.1, -0.05) is 59.6 Å². The summed E-state index contributed by atoms with van der Waals surface area (Å²) in [7, 11) is 0. The molecule has 0 aromatic rings. The molecule has 1 amide bonds. The third-order valence-electron chi connectivity index (χ3n) is 20.7. The Labute approximate surface area is 430 Å². The number of ether oxygens (including phenoxy) is 6. The average molecular weight is 1040 g/mol. The van der Waals surface area contributed by atoms with Gasteiger partial charge in [-0.25, -0.2) is 0 Å². The summed E-state index contributed by atoms with van der Waals surface area (Å²) >= 11 is 0. The van der Waals surface area contributed by atoms with Gasteiger partial charge in [0.25, 0.3) is 0 Å². The van der Waals surface area contributed by atoms with Gasteiger partial charge in [-0.05, 0) is 130 Å². The summed E-state index contributed by atoms with van der Waals surface area (Å²) in [4.78, 5) is 41.0. The maximum absolute atomic E-state index is 15.6. The van der Waals surface area contributed by atoms with Crippen LogP contribution in [-0.2, 0) is 42.8 Å². The molecule has 3 heterocycles. The molecule has 0 spiro atoms. The number of rotatable bonds is 15. The fourth-order valence-electron chi connectivity index (χ4n) is 16.0. The number of aldehydes is 1. The average Bonchev–Trinajstić information content (AvgIpc) is 3.34. The minimum absolute atomic E-state index is 0.0908. The number of aliphatic hydroxyl groups is 8. The Balaban J connectivity index is 1.08. The topological polar surface area (TPSA) is 306 Å². The lowest BCUT2D eigenvalue weighted by Crippen LogP contribution is -2.68. The Morgan fingerprint density at radius 2 is 1.49 bits per heavy atom. The fourth-order valence-corrected chi connectivity index (χ4v) is 16.0. The molecule has 11 N–H and O–H groups in total. The van der Waals surface area contributed by atoms with Gasteiger partial charge in [0.1, 0.15) is 55.1 Å². The lowest BCUT2D eigenvalue weighted by molar-refractivity contribution is -0.369. The van der Waals surface area contributed by atoms with Crippen molar-refractivity contribution < 1.29 is 83.7 Å². The van der Waals surface area contributed by atoms with Crippen LogP contribution in [0.25, 0.3) is 0 Å². The van der Waals surface area contributed by atoms with Crippen LogP contribution in [0.3, 0.4) is 0 Å². The highest BCUT2D eigenvalue weighted by molar-refractivity contribution is 5.79. The van der Waals surface area contributed by atoms with Gasteiger partial charge in [-0.3, -0.25) is 9.59 Å². The van der Waals surface area contributed by atoms with E-state index in [1.165, 1.54) is 12.5 Å². The molecule has 19 nitrogen and oxygen atoms in total. The van der Waals surface area contributed by atoms with Crippen LogP contribution in [0.4, 0.5) is 0 Å². The molecule has 5 aliphatic carbocycles. The second-order valence-electron chi connectivity index (χ2n) is 25.3. The molecule has 0 aromatic carbocycles. The van der Waals surface area contributed by atoms with Crippen LogP contribution in [-0.4, -0.2) is 171 Å². The molecule has 0 aromatic heterocycles. The number of unbranched alkanes of at least 4 members (excludes halogenated alkanes) is 2. The van der Waals surface area contributed by atoms with Gasteiger partial charge in [0.05, 0.1) is 36.9 Å². The van der Waals surface area contributed by atoms with Crippen molar-refractivity contribution in [2.24, 2.45) is 56.0 Å². The molecule has 13 unspecified atom stereocenters. The molecule has 19 heteroatoms. The van der Waals surface area contributed by atoms with E-state index in [9.17, 15) is 50.4 Å². The number of esters is 1. The number of hydrogen-bond acceptors (Lipinski definition) is 18. The van der Waals surface area contributed by atoms with Crippen molar-refractivity contribution in [1.29, 1.82) is 0 Å². The summed E-state index contributed by atoms with van der Waals surface area (Å²) in [6, 6.07) is -1.28. The van der Waals surface area contributed by atoms with E-state index in [1.54, 1.807) is 0 Å². The van der Waals surface area contributed by atoms with Crippen LogP contribution in [0.1, 0.15) is 145 Å². The molecule has 3 saturated heterocycles. The van der Waals surface area contributed by atoms with Gasteiger partial charge in [0.2, 0.25) is 12.2 Å². The zero-order chi connectivity index (χ0) is 53.2. The summed E-state index contributed by atoms with van der Waals surface area (Å²) in [6.45, 7) is 14.7. The predicted molar refractivity (Wildman–Crippen MR) is 261 cm³/mol. The number of nitrogens with two attached hydrogens (primary N) is 1. The molecule has 0 bridgehead atoms. The Kier molecular flexibility index (Phi) is 16.8. The lowest BCUT2D eigenvalue weighted by atomic mass is 9.33. The molecule has 73 heavy (non-hydrogen) atoms. The smallest absolute Gasteiger partial charge is 0.315 e. The molecule has 4 saturated carbocycles. The predicted octanol–water partition coefficient (Wildman–Crippen LogP) is 2.02. The molecule has 8 rings (SSSR count). The van der Waals surface area contributed by atoms with E-state index in [0.717, 1.165) is 38.4 Å². The minimum atomic E-state index is -1.88. The number of nitrogens with one attached hydrogen (secondary N) is 1. The number of aliphatic hydroxyl groups excluding tert-OH is 8. The first kappa shape index (κ1) is 57.0. The van der Waals surface area contributed by atoms with Crippen molar-refractivity contribution in [2.75, 3.05) is 19.8 Å². The first-order valence-electron chi connectivity index (χ1n) is 27.3. The van der Waals surface area contributed by atoms with Gasteiger partial charge in [0, 0.05) is 18.3 Å². The molecule has 23 atom stereocenters. The summed E-state index contributed by atoms with van der Waals surface area (Å²) in [5.41, 5.74) is 4.69. The normalized spacial score (nSPS) is 49.5. The highest BCUT2D eigenvalue weighted by Crippen LogP contribution is 2.76. The van der Waals surface area contributed by atoms with Crippen LogP contribution in [0.2, 0.25) is 0 Å². The lowest BCUT2D eigenvalue weighted by Gasteiger charge is -2.71.